The number of thiophene rings is 1. The summed E-state index contributed by atoms with van der Waals surface area (Å²) in [7, 11) is 0. The summed E-state index contributed by atoms with van der Waals surface area (Å²) >= 11 is 0.634. The number of halogens is 3. The molecule has 1 aromatic heterocycles. The van der Waals surface area contributed by atoms with E-state index in [1.54, 1.807) is 6.92 Å². The fourth-order valence-electron chi connectivity index (χ4n) is 0.793. The Morgan fingerprint density at radius 3 is 2.46 bits per heavy atom. The van der Waals surface area contributed by atoms with Gasteiger partial charge in [-0.1, -0.05) is 0 Å². The zero-order valence-corrected chi connectivity index (χ0v) is 7.54. The fourth-order valence-corrected chi connectivity index (χ4v) is 1.66. The molecule has 0 aromatic carbocycles. The van der Waals surface area contributed by atoms with Crippen LogP contribution in [0.25, 0.3) is 4.85 Å². The standard InChI is InChI=1S/C8H6F3NS/c1-5(12-2)6-3-4-7(13-6)8(9,10)11/h3-5H,1H3. The van der Waals surface area contributed by atoms with Crippen molar-refractivity contribution in [1.29, 1.82) is 0 Å². The second-order valence-corrected chi connectivity index (χ2v) is 3.62. The predicted octanol–water partition coefficient (Wildman–Crippen LogP) is 3.75. The summed E-state index contributed by atoms with van der Waals surface area (Å²) in [5.41, 5.74) is 0. The van der Waals surface area contributed by atoms with Gasteiger partial charge in [-0.25, -0.2) is 6.57 Å². The van der Waals surface area contributed by atoms with Gasteiger partial charge in [0, 0.05) is 6.92 Å². The average molecular weight is 205 g/mol. The second kappa shape index (κ2) is 3.38. The van der Waals surface area contributed by atoms with Gasteiger partial charge >= 0.3 is 6.18 Å². The van der Waals surface area contributed by atoms with Crippen molar-refractivity contribution in [1.82, 2.24) is 0 Å². The average Bonchev–Trinajstić information content (AvgIpc) is 2.50. The topological polar surface area (TPSA) is 4.36 Å². The van der Waals surface area contributed by atoms with Gasteiger partial charge in [-0.15, -0.1) is 11.3 Å². The van der Waals surface area contributed by atoms with E-state index in [-0.39, 0.29) is 0 Å². The molecule has 0 aliphatic carbocycles. The van der Waals surface area contributed by atoms with Crippen molar-refractivity contribution in [2.45, 2.75) is 19.1 Å². The van der Waals surface area contributed by atoms with Gasteiger partial charge in [0.1, 0.15) is 4.88 Å². The lowest BCUT2D eigenvalue weighted by Gasteiger charge is -2.00. The van der Waals surface area contributed by atoms with Gasteiger partial charge in [-0.3, -0.25) is 0 Å². The Labute approximate surface area is 77.6 Å². The summed E-state index contributed by atoms with van der Waals surface area (Å²) in [6.07, 6.45) is -4.29. The molecule has 1 aromatic rings. The van der Waals surface area contributed by atoms with E-state index < -0.39 is 17.1 Å². The Morgan fingerprint density at radius 1 is 1.46 bits per heavy atom. The minimum absolute atomic E-state index is 0.460. The quantitative estimate of drug-likeness (QED) is 0.615. The van der Waals surface area contributed by atoms with Crippen molar-refractivity contribution in [3.05, 3.63) is 33.3 Å². The first-order valence-electron chi connectivity index (χ1n) is 3.48. The first-order valence-corrected chi connectivity index (χ1v) is 4.30. The molecular weight excluding hydrogens is 199 g/mol. The normalized spacial score (nSPS) is 13.8. The van der Waals surface area contributed by atoms with Crippen molar-refractivity contribution in [3.63, 3.8) is 0 Å². The fraction of sp³-hybridized carbons (Fsp3) is 0.375. The number of nitrogens with zero attached hydrogens (tertiary/aromatic N) is 1. The van der Waals surface area contributed by atoms with Gasteiger partial charge in [-0.2, -0.15) is 13.2 Å². The minimum Gasteiger partial charge on any atom is -0.308 e. The Bertz CT molecular complexity index is 334. The van der Waals surface area contributed by atoms with Crippen LogP contribution in [0.3, 0.4) is 0 Å². The highest BCUT2D eigenvalue weighted by molar-refractivity contribution is 7.12. The molecule has 1 heterocycles. The smallest absolute Gasteiger partial charge is 0.308 e. The molecule has 70 valence electrons. The minimum atomic E-state index is -4.29. The van der Waals surface area contributed by atoms with E-state index in [0.29, 0.717) is 16.2 Å². The molecule has 0 amide bonds. The van der Waals surface area contributed by atoms with Crippen LogP contribution in [0.5, 0.6) is 0 Å². The molecule has 1 unspecified atom stereocenters. The van der Waals surface area contributed by atoms with E-state index in [9.17, 15) is 13.2 Å². The van der Waals surface area contributed by atoms with Gasteiger partial charge in [0.2, 0.25) is 0 Å². The Hall–Kier alpha value is -1.02. The highest BCUT2D eigenvalue weighted by Crippen LogP contribution is 2.36. The van der Waals surface area contributed by atoms with Crippen molar-refractivity contribution in [2.75, 3.05) is 0 Å². The molecule has 0 N–H and O–H groups in total. The van der Waals surface area contributed by atoms with E-state index in [0.717, 1.165) is 6.07 Å². The first kappa shape index (κ1) is 10.1. The highest BCUT2D eigenvalue weighted by atomic mass is 32.1. The molecular formula is C8H6F3NS. The van der Waals surface area contributed by atoms with Gasteiger partial charge in [0.25, 0.3) is 6.04 Å². The van der Waals surface area contributed by atoms with Crippen LogP contribution < -0.4 is 0 Å². The molecule has 5 heteroatoms. The lowest BCUT2D eigenvalue weighted by Crippen LogP contribution is -2.00. The van der Waals surface area contributed by atoms with E-state index in [1.807, 2.05) is 0 Å². The third-order valence-corrected chi connectivity index (χ3v) is 2.81. The maximum absolute atomic E-state index is 12.1. The monoisotopic (exact) mass is 205 g/mol. The number of hydrogen-bond donors (Lipinski definition) is 0. The summed E-state index contributed by atoms with van der Waals surface area (Å²) in [6, 6.07) is 1.89. The summed E-state index contributed by atoms with van der Waals surface area (Å²) in [5, 5.41) is 0. The lowest BCUT2D eigenvalue weighted by atomic mass is 10.3. The third-order valence-electron chi connectivity index (χ3n) is 1.51. The van der Waals surface area contributed by atoms with E-state index in [1.165, 1.54) is 6.07 Å². The van der Waals surface area contributed by atoms with Crippen LogP contribution in [-0.2, 0) is 6.18 Å². The molecule has 0 saturated carbocycles. The van der Waals surface area contributed by atoms with Crippen LogP contribution in [0, 0.1) is 6.57 Å². The predicted molar refractivity (Wildman–Crippen MR) is 44.3 cm³/mol. The molecule has 0 bridgehead atoms. The third kappa shape index (κ3) is 2.22. The van der Waals surface area contributed by atoms with Gasteiger partial charge in [0.05, 0.1) is 4.88 Å². The Balaban J connectivity index is 2.95. The Morgan fingerprint density at radius 2 is 2.08 bits per heavy atom. The molecule has 0 aliphatic rings. The molecule has 1 atom stereocenters. The van der Waals surface area contributed by atoms with Crippen LogP contribution in [0.4, 0.5) is 13.2 Å². The molecule has 13 heavy (non-hydrogen) atoms. The Kier molecular flexibility index (Phi) is 2.62. The van der Waals surface area contributed by atoms with Crippen molar-refractivity contribution >= 4 is 11.3 Å². The van der Waals surface area contributed by atoms with Gasteiger partial charge in [-0.05, 0) is 12.1 Å². The summed E-state index contributed by atoms with van der Waals surface area (Å²) in [4.78, 5) is 2.97. The number of alkyl halides is 3. The summed E-state index contributed by atoms with van der Waals surface area (Å²) < 4.78 is 36.3. The zero-order chi connectivity index (χ0) is 10.1. The summed E-state index contributed by atoms with van der Waals surface area (Å²) in [5.74, 6) is 0. The lowest BCUT2D eigenvalue weighted by molar-refractivity contribution is -0.134. The molecule has 0 fully saturated rings. The maximum Gasteiger partial charge on any atom is 0.425 e. The molecule has 0 aliphatic heterocycles. The largest absolute Gasteiger partial charge is 0.425 e. The maximum atomic E-state index is 12.1. The van der Waals surface area contributed by atoms with E-state index in [2.05, 4.69) is 4.85 Å². The molecule has 1 nitrogen and oxygen atoms in total. The molecule has 0 spiro atoms. The molecule has 0 radical (unpaired) electrons. The van der Waals surface area contributed by atoms with Crippen LogP contribution in [0.1, 0.15) is 22.7 Å². The second-order valence-electron chi connectivity index (χ2n) is 2.50. The number of hydrogen-bond acceptors (Lipinski definition) is 1. The van der Waals surface area contributed by atoms with Crippen molar-refractivity contribution in [3.8, 4) is 0 Å². The first-order chi connectivity index (χ1) is 5.95. The van der Waals surface area contributed by atoms with E-state index >= 15 is 0 Å². The van der Waals surface area contributed by atoms with Gasteiger partial charge < -0.3 is 4.85 Å². The number of rotatable bonds is 1. The van der Waals surface area contributed by atoms with Crippen molar-refractivity contribution < 1.29 is 13.2 Å². The van der Waals surface area contributed by atoms with Crippen LogP contribution in [0.15, 0.2) is 12.1 Å². The SMILES string of the molecule is [C-]#[N+]C(C)c1ccc(C(F)(F)F)s1. The van der Waals surface area contributed by atoms with Crippen LogP contribution in [0.2, 0.25) is 0 Å². The zero-order valence-electron chi connectivity index (χ0n) is 6.72. The highest BCUT2D eigenvalue weighted by Gasteiger charge is 2.33. The van der Waals surface area contributed by atoms with Crippen LogP contribution in [-0.4, -0.2) is 0 Å². The van der Waals surface area contributed by atoms with Crippen molar-refractivity contribution in [2.24, 2.45) is 0 Å². The molecule has 1 rings (SSSR count). The van der Waals surface area contributed by atoms with Crippen LogP contribution >= 0.6 is 11.3 Å². The van der Waals surface area contributed by atoms with E-state index in [4.69, 9.17) is 6.57 Å². The summed E-state index contributed by atoms with van der Waals surface area (Å²) in [6.45, 7) is 8.24. The van der Waals surface area contributed by atoms with Gasteiger partial charge in [0.15, 0.2) is 0 Å². The molecule has 0 saturated heterocycles.